The molecule has 1 aliphatic carbocycles. The maximum Gasteiger partial charge on any atom is 0.0440 e. The number of rotatable bonds is 2. The van der Waals surface area contributed by atoms with Gasteiger partial charge in [-0.3, -0.25) is 0 Å². The molecule has 2 heterocycles. The van der Waals surface area contributed by atoms with E-state index in [0.29, 0.717) is 11.2 Å². The van der Waals surface area contributed by atoms with Crippen LogP contribution in [-0.4, -0.2) is 5.25 Å². The summed E-state index contributed by atoms with van der Waals surface area (Å²) in [6.07, 6.45) is 7.17. The highest BCUT2D eigenvalue weighted by Crippen LogP contribution is 2.50. The lowest BCUT2D eigenvalue weighted by molar-refractivity contribution is 0.884. The molecule has 0 N–H and O–H groups in total. The van der Waals surface area contributed by atoms with Gasteiger partial charge in [-0.1, -0.05) is 115 Å². The van der Waals surface area contributed by atoms with E-state index in [4.69, 9.17) is 0 Å². The van der Waals surface area contributed by atoms with Gasteiger partial charge in [-0.25, -0.2) is 0 Å². The van der Waals surface area contributed by atoms with Crippen molar-refractivity contribution in [3.05, 3.63) is 145 Å². The fraction of sp³-hybridized carbons (Fsp3) is 0.0526. The first kappa shape index (κ1) is 22.7. The van der Waals surface area contributed by atoms with Gasteiger partial charge < -0.3 is 0 Å². The van der Waals surface area contributed by atoms with E-state index < -0.39 is 0 Å². The summed E-state index contributed by atoms with van der Waals surface area (Å²) >= 11 is 3.91. The molecular formula is C38H24S2. The number of hydrogen-bond acceptors (Lipinski definition) is 2. The van der Waals surface area contributed by atoms with Gasteiger partial charge in [0.05, 0.1) is 0 Å². The molecule has 6 aromatic carbocycles. The van der Waals surface area contributed by atoms with Crippen LogP contribution < -0.4 is 0 Å². The van der Waals surface area contributed by atoms with E-state index in [-0.39, 0.29) is 0 Å². The highest BCUT2D eigenvalue weighted by atomic mass is 32.2. The maximum atomic E-state index is 2.47. The SMILES string of the molecule is C1=CC2Sc3ccccc3C2C=C1c1ccc(-c2ccc3sc4c5ccccc5c5ccccc5c4c3c2)cc1. The first-order valence-corrected chi connectivity index (χ1v) is 15.5. The summed E-state index contributed by atoms with van der Waals surface area (Å²) in [5.41, 5.74) is 6.60. The van der Waals surface area contributed by atoms with Gasteiger partial charge in [0.2, 0.25) is 0 Å². The van der Waals surface area contributed by atoms with E-state index in [1.165, 1.54) is 74.4 Å². The van der Waals surface area contributed by atoms with Gasteiger partial charge in [-0.2, -0.15) is 0 Å². The molecule has 9 rings (SSSR count). The molecule has 1 aliphatic heterocycles. The molecule has 1 aromatic heterocycles. The van der Waals surface area contributed by atoms with Crippen molar-refractivity contribution in [3.63, 3.8) is 0 Å². The Morgan fingerprint density at radius 2 is 1.23 bits per heavy atom. The molecule has 40 heavy (non-hydrogen) atoms. The van der Waals surface area contributed by atoms with Crippen LogP contribution in [0.25, 0.3) is 58.4 Å². The van der Waals surface area contributed by atoms with Crippen LogP contribution in [0.15, 0.2) is 138 Å². The molecule has 2 atom stereocenters. The van der Waals surface area contributed by atoms with Gasteiger partial charge in [-0.05, 0) is 62.2 Å². The van der Waals surface area contributed by atoms with Crippen molar-refractivity contribution in [2.75, 3.05) is 0 Å². The smallest absolute Gasteiger partial charge is 0.0440 e. The zero-order valence-electron chi connectivity index (χ0n) is 21.7. The second-order valence-electron chi connectivity index (χ2n) is 10.8. The standard InChI is InChI=1S/C38H24S2/c1-3-10-30-27(7-1)28-8-2-4-11-31(28)38-37(30)33-22-26(18-20-36(33)40-38)24-15-13-23(14-16-24)25-17-19-35-32(21-25)29-9-5-6-12-34(29)39-35/h1-22,32,35H. The third kappa shape index (κ3) is 3.33. The average Bonchev–Trinajstić information content (AvgIpc) is 3.59. The maximum absolute atomic E-state index is 2.47. The van der Waals surface area contributed by atoms with E-state index >= 15 is 0 Å². The number of thiophene rings is 1. The molecule has 2 aliphatic rings. The summed E-state index contributed by atoms with van der Waals surface area (Å²) in [4.78, 5) is 1.42. The minimum absolute atomic E-state index is 0.459. The van der Waals surface area contributed by atoms with Crippen LogP contribution in [0.4, 0.5) is 0 Å². The number of thioether (sulfide) groups is 1. The van der Waals surface area contributed by atoms with Crippen LogP contribution in [-0.2, 0) is 0 Å². The normalized spacial score (nSPS) is 17.9. The van der Waals surface area contributed by atoms with E-state index in [2.05, 4.69) is 133 Å². The number of benzene rings is 6. The Hall–Kier alpha value is -4.11. The van der Waals surface area contributed by atoms with Crippen LogP contribution in [0.5, 0.6) is 0 Å². The molecule has 2 unspecified atom stereocenters. The van der Waals surface area contributed by atoms with Crippen LogP contribution in [0.2, 0.25) is 0 Å². The van der Waals surface area contributed by atoms with Gasteiger partial charge in [-0.15, -0.1) is 23.1 Å². The lowest BCUT2D eigenvalue weighted by atomic mass is 9.87. The summed E-state index contributed by atoms with van der Waals surface area (Å²) < 4.78 is 2.73. The van der Waals surface area contributed by atoms with Gasteiger partial charge in [0.25, 0.3) is 0 Å². The number of fused-ring (bicyclic) bond motifs is 11. The molecule has 0 saturated carbocycles. The van der Waals surface area contributed by atoms with Crippen molar-refractivity contribution >= 4 is 70.4 Å². The van der Waals surface area contributed by atoms with E-state index in [0.717, 1.165) is 0 Å². The van der Waals surface area contributed by atoms with E-state index in [9.17, 15) is 0 Å². The Balaban J connectivity index is 1.14. The Bertz CT molecular complexity index is 2190. The number of allylic oxidation sites excluding steroid dienone is 3. The molecular weight excluding hydrogens is 521 g/mol. The van der Waals surface area contributed by atoms with Crippen LogP contribution >= 0.6 is 23.1 Å². The molecule has 7 aromatic rings. The first-order valence-electron chi connectivity index (χ1n) is 13.8. The Labute approximate surface area is 241 Å². The third-order valence-corrected chi connectivity index (χ3v) is 11.2. The molecule has 0 saturated heterocycles. The molecule has 0 bridgehead atoms. The van der Waals surface area contributed by atoms with Crippen LogP contribution in [0.3, 0.4) is 0 Å². The molecule has 0 amide bonds. The summed E-state index contributed by atoms with van der Waals surface area (Å²) in [5, 5.41) is 8.61. The third-order valence-electron chi connectivity index (χ3n) is 8.62. The van der Waals surface area contributed by atoms with Gasteiger partial charge >= 0.3 is 0 Å². The van der Waals surface area contributed by atoms with Gasteiger partial charge in [0.15, 0.2) is 0 Å². The topological polar surface area (TPSA) is 0 Å². The monoisotopic (exact) mass is 544 g/mol. The largest absolute Gasteiger partial charge is 0.135 e. The van der Waals surface area contributed by atoms with Gasteiger partial charge in [0, 0.05) is 41.6 Å². The fourth-order valence-electron chi connectivity index (χ4n) is 6.69. The summed E-state index contributed by atoms with van der Waals surface area (Å²) in [5.74, 6) is 0.459. The highest BCUT2D eigenvalue weighted by molar-refractivity contribution is 8.00. The zero-order valence-corrected chi connectivity index (χ0v) is 23.3. The second kappa shape index (κ2) is 8.69. The van der Waals surface area contributed by atoms with Crippen molar-refractivity contribution in [3.8, 4) is 11.1 Å². The van der Waals surface area contributed by atoms with Crippen molar-refractivity contribution in [2.24, 2.45) is 0 Å². The summed E-state index contributed by atoms with van der Waals surface area (Å²) in [7, 11) is 0. The minimum atomic E-state index is 0.459. The fourth-order valence-corrected chi connectivity index (χ4v) is 9.24. The lowest BCUT2D eigenvalue weighted by Crippen LogP contribution is -2.08. The summed E-state index contributed by atoms with van der Waals surface area (Å²) in [6.45, 7) is 0. The molecule has 0 fully saturated rings. The molecule has 0 spiro atoms. The van der Waals surface area contributed by atoms with Crippen molar-refractivity contribution in [2.45, 2.75) is 16.1 Å². The van der Waals surface area contributed by atoms with Crippen molar-refractivity contribution < 1.29 is 0 Å². The quantitative estimate of drug-likeness (QED) is 0.195. The Morgan fingerprint density at radius 1 is 0.550 bits per heavy atom. The predicted octanol–water partition coefficient (Wildman–Crippen LogP) is 11.2. The average molecular weight is 545 g/mol. The number of hydrogen-bond donors (Lipinski definition) is 0. The van der Waals surface area contributed by atoms with E-state index in [1.54, 1.807) is 0 Å². The molecule has 2 heteroatoms. The van der Waals surface area contributed by atoms with Gasteiger partial charge in [0.1, 0.15) is 0 Å². The Morgan fingerprint density at radius 3 is 2.08 bits per heavy atom. The summed E-state index contributed by atoms with van der Waals surface area (Å²) in [6, 6.07) is 42.8. The van der Waals surface area contributed by atoms with Crippen molar-refractivity contribution in [1.82, 2.24) is 0 Å². The lowest BCUT2D eigenvalue weighted by Gasteiger charge is -2.19. The zero-order chi connectivity index (χ0) is 26.2. The molecule has 188 valence electrons. The molecule has 0 radical (unpaired) electrons. The highest BCUT2D eigenvalue weighted by Gasteiger charge is 2.32. The molecule has 0 nitrogen and oxygen atoms in total. The second-order valence-corrected chi connectivity index (χ2v) is 13.1. The Kier molecular flexibility index (Phi) is 4.93. The van der Waals surface area contributed by atoms with Crippen LogP contribution in [0.1, 0.15) is 17.0 Å². The first-order chi connectivity index (χ1) is 19.8. The van der Waals surface area contributed by atoms with E-state index in [1.807, 2.05) is 23.1 Å². The minimum Gasteiger partial charge on any atom is -0.135 e. The van der Waals surface area contributed by atoms with Crippen LogP contribution in [0, 0.1) is 0 Å². The predicted molar refractivity (Wildman–Crippen MR) is 176 cm³/mol. The van der Waals surface area contributed by atoms with Crippen molar-refractivity contribution in [1.29, 1.82) is 0 Å².